The van der Waals surface area contributed by atoms with Crippen LogP contribution in [0.25, 0.3) is 0 Å². The molecule has 0 aliphatic heterocycles. The van der Waals surface area contributed by atoms with Crippen LogP contribution in [0.3, 0.4) is 0 Å². The SMILES string of the molecule is CC(C)CC(NC(=O)[C@@H](N)CC(C)C)c1ccccc1. The highest BCUT2D eigenvalue weighted by Crippen LogP contribution is 2.21. The minimum atomic E-state index is -0.423. The third-order valence-corrected chi connectivity index (χ3v) is 3.29. The van der Waals surface area contributed by atoms with Crippen LogP contribution in [0.5, 0.6) is 0 Å². The van der Waals surface area contributed by atoms with Gasteiger partial charge in [0.2, 0.25) is 5.91 Å². The molecule has 0 bridgehead atoms. The van der Waals surface area contributed by atoms with Crippen LogP contribution in [-0.2, 0) is 4.79 Å². The molecule has 0 aliphatic rings. The lowest BCUT2D eigenvalue weighted by Gasteiger charge is -2.23. The Bertz CT molecular complexity index is 401. The number of carbonyl (C=O) groups excluding carboxylic acids is 1. The monoisotopic (exact) mass is 276 g/mol. The van der Waals surface area contributed by atoms with Gasteiger partial charge in [-0.2, -0.15) is 0 Å². The first-order chi connectivity index (χ1) is 9.40. The van der Waals surface area contributed by atoms with Crippen LogP contribution >= 0.6 is 0 Å². The molecule has 20 heavy (non-hydrogen) atoms. The largest absolute Gasteiger partial charge is 0.348 e. The predicted octanol–water partition coefficient (Wildman–Crippen LogP) is 3.26. The summed E-state index contributed by atoms with van der Waals surface area (Å²) in [7, 11) is 0. The van der Waals surface area contributed by atoms with Crippen molar-refractivity contribution in [1.82, 2.24) is 5.32 Å². The van der Waals surface area contributed by atoms with E-state index in [1.165, 1.54) is 0 Å². The summed E-state index contributed by atoms with van der Waals surface area (Å²) in [5.74, 6) is 0.894. The van der Waals surface area contributed by atoms with Gasteiger partial charge in [-0.1, -0.05) is 58.0 Å². The number of hydrogen-bond donors (Lipinski definition) is 2. The van der Waals surface area contributed by atoms with E-state index in [0.717, 1.165) is 18.4 Å². The zero-order chi connectivity index (χ0) is 15.1. The number of hydrogen-bond acceptors (Lipinski definition) is 2. The van der Waals surface area contributed by atoms with Gasteiger partial charge >= 0.3 is 0 Å². The molecule has 0 fully saturated rings. The van der Waals surface area contributed by atoms with E-state index in [1.54, 1.807) is 0 Å². The number of amides is 1. The highest BCUT2D eigenvalue weighted by molar-refractivity contribution is 5.81. The van der Waals surface area contributed by atoms with Gasteiger partial charge in [-0.15, -0.1) is 0 Å². The van der Waals surface area contributed by atoms with Crippen molar-refractivity contribution in [2.24, 2.45) is 17.6 Å². The Balaban J connectivity index is 2.73. The fourth-order valence-corrected chi connectivity index (χ4v) is 2.33. The van der Waals surface area contributed by atoms with E-state index in [-0.39, 0.29) is 11.9 Å². The number of benzene rings is 1. The second-order valence-corrected chi connectivity index (χ2v) is 6.34. The topological polar surface area (TPSA) is 55.1 Å². The molecular formula is C17H28N2O. The van der Waals surface area contributed by atoms with Gasteiger partial charge in [-0.3, -0.25) is 4.79 Å². The molecule has 1 aromatic carbocycles. The van der Waals surface area contributed by atoms with Crippen molar-refractivity contribution in [3.05, 3.63) is 35.9 Å². The van der Waals surface area contributed by atoms with Gasteiger partial charge in [-0.25, -0.2) is 0 Å². The van der Waals surface area contributed by atoms with E-state index in [4.69, 9.17) is 5.73 Å². The zero-order valence-electron chi connectivity index (χ0n) is 13.1. The van der Waals surface area contributed by atoms with Crippen LogP contribution in [0, 0.1) is 11.8 Å². The summed E-state index contributed by atoms with van der Waals surface area (Å²) >= 11 is 0. The maximum atomic E-state index is 12.2. The summed E-state index contributed by atoms with van der Waals surface area (Å²) in [6.45, 7) is 8.48. The molecule has 0 aromatic heterocycles. The Morgan fingerprint density at radius 1 is 1.05 bits per heavy atom. The molecule has 1 rings (SSSR count). The van der Waals surface area contributed by atoms with Gasteiger partial charge in [0.1, 0.15) is 0 Å². The highest BCUT2D eigenvalue weighted by Gasteiger charge is 2.20. The molecule has 3 heteroatoms. The summed E-state index contributed by atoms with van der Waals surface area (Å²) < 4.78 is 0. The van der Waals surface area contributed by atoms with Gasteiger partial charge < -0.3 is 11.1 Å². The quantitative estimate of drug-likeness (QED) is 0.803. The second kappa shape index (κ2) is 8.05. The van der Waals surface area contributed by atoms with Crippen molar-refractivity contribution < 1.29 is 4.79 Å². The van der Waals surface area contributed by atoms with Crippen molar-refractivity contribution in [3.63, 3.8) is 0 Å². The van der Waals surface area contributed by atoms with Crippen LogP contribution < -0.4 is 11.1 Å². The van der Waals surface area contributed by atoms with Gasteiger partial charge in [0.25, 0.3) is 0 Å². The molecule has 3 N–H and O–H groups in total. The first-order valence-corrected chi connectivity index (χ1v) is 7.51. The zero-order valence-corrected chi connectivity index (χ0v) is 13.1. The maximum absolute atomic E-state index is 12.2. The number of rotatable bonds is 7. The predicted molar refractivity (Wildman–Crippen MR) is 84.2 cm³/mol. The third-order valence-electron chi connectivity index (χ3n) is 3.29. The van der Waals surface area contributed by atoms with Crippen molar-refractivity contribution in [1.29, 1.82) is 0 Å². The molecule has 0 saturated carbocycles. The standard InChI is InChI=1S/C17H28N2O/c1-12(2)10-15(18)17(20)19-16(11-13(3)4)14-8-6-5-7-9-14/h5-9,12-13,15-16H,10-11,18H2,1-4H3,(H,19,20)/t15-,16?/m0/s1. The molecule has 3 nitrogen and oxygen atoms in total. The summed E-state index contributed by atoms with van der Waals surface area (Å²) in [5.41, 5.74) is 7.11. The summed E-state index contributed by atoms with van der Waals surface area (Å²) in [4.78, 5) is 12.2. The van der Waals surface area contributed by atoms with Gasteiger partial charge in [-0.05, 0) is 30.2 Å². The van der Waals surface area contributed by atoms with Crippen molar-refractivity contribution >= 4 is 5.91 Å². The van der Waals surface area contributed by atoms with Crippen LogP contribution in [0.1, 0.15) is 52.1 Å². The average molecular weight is 276 g/mol. The molecule has 1 aromatic rings. The normalized spacial score (nSPS) is 14.3. The maximum Gasteiger partial charge on any atom is 0.237 e. The lowest BCUT2D eigenvalue weighted by atomic mass is 9.96. The highest BCUT2D eigenvalue weighted by atomic mass is 16.2. The molecule has 0 spiro atoms. The van der Waals surface area contributed by atoms with Crippen LogP contribution in [0.15, 0.2) is 30.3 Å². The van der Waals surface area contributed by atoms with E-state index in [0.29, 0.717) is 11.8 Å². The van der Waals surface area contributed by atoms with E-state index >= 15 is 0 Å². The Morgan fingerprint density at radius 3 is 2.10 bits per heavy atom. The average Bonchev–Trinajstić information content (AvgIpc) is 2.37. The summed E-state index contributed by atoms with van der Waals surface area (Å²) in [5, 5.41) is 3.11. The lowest BCUT2D eigenvalue weighted by molar-refractivity contribution is -0.123. The Hall–Kier alpha value is -1.35. The molecule has 112 valence electrons. The first kappa shape index (κ1) is 16.7. The van der Waals surface area contributed by atoms with E-state index in [2.05, 4.69) is 45.1 Å². The fourth-order valence-electron chi connectivity index (χ4n) is 2.33. The van der Waals surface area contributed by atoms with Gasteiger partial charge in [0, 0.05) is 0 Å². The molecule has 1 amide bonds. The molecule has 1 unspecified atom stereocenters. The third kappa shape index (κ3) is 5.74. The molecule has 2 atom stereocenters. The van der Waals surface area contributed by atoms with Crippen LogP contribution in [0.2, 0.25) is 0 Å². The first-order valence-electron chi connectivity index (χ1n) is 7.51. The molecule has 0 heterocycles. The van der Waals surface area contributed by atoms with Crippen LogP contribution in [0.4, 0.5) is 0 Å². The molecule has 0 saturated heterocycles. The van der Waals surface area contributed by atoms with Crippen molar-refractivity contribution in [2.75, 3.05) is 0 Å². The Morgan fingerprint density at radius 2 is 1.60 bits per heavy atom. The number of nitrogens with one attached hydrogen (secondary N) is 1. The van der Waals surface area contributed by atoms with E-state index in [1.807, 2.05) is 18.2 Å². The second-order valence-electron chi connectivity index (χ2n) is 6.34. The molecular weight excluding hydrogens is 248 g/mol. The minimum absolute atomic E-state index is 0.0434. The lowest BCUT2D eigenvalue weighted by Crippen LogP contribution is -2.43. The van der Waals surface area contributed by atoms with Crippen molar-refractivity contribution in [2.45, 2.75) is 52.6 Å². The number of nitrogens with two attached hydrogens (primary N) is 1. The van der Waals surface area contributed by atoms with E-state index < -0.39 is 6.04 Å². The van der Waals surface area contributed by atoms with Crippen LogP contribution in [-0.4, -0.2) is 11.9 Å². The molecule has 0 radical (unpaired) electrons. The molecule has 0 aliphatic carbocycles. The Labute approximate surface area is 122 Å². The van der Waals surface area contributed by atoms with Gasteiger partial charge in [0.05, 0.1) is 12.1 Å². The van der Waals surface area contributed by atoms with E-state index in [9.17, 15) is 4.79 Å². The number of carbonyl (C=O) groups is 1. The summed E-state index contributed by atoms with van der Waals surface area (Å²) in [6.07, 6.45) is 1.64. The van der Waals surface area contributed by atoms with Gasteiger partial charge in [0.15, 0.2) is 0 Å². The summed E-state index contributed by atoms with van der Waals surface area (Å²) in [6, 6.07) is 9.73. The minimum Gasteiger partial charge on any atom is -0.348 e. The van der Waals surface area contributed by atoms with Crippen molar-refractivity contribution in [3.8, 4) is 0 Å². The Kier molecular flexibility index (Phi) is 6.73. The smallest absolute Gasteiger partial charge is 0.237 e. The fraction of sp³-hybridized carbons (Fsp3) is 0.588.